The molecular weight excluding hydrogens is 386 g/mol. The van der Waals surface area contributed by atoms with E-state index in [0.29, 0.717) is 28.2 Å². The summed E-state index contributed by atoms with van der Waals surface area (Å²) in [6, 6.07) is 14.1. The van der Waals surface area contributed by atoms with Crippen LogP contribution in [0.4, 0.5) is 0 Å². The number of aromatic nitrogens is 1. The van der Waals surface area contributed by atoms with Crippen LogP contribution in [0.25, 0.3) is 10.9 Å². The van der Waals surface area contributed by atoms with Crippen LogP contribution in [0, 0.1) is 0 Å². The van der Waals surface area contributed by atoms with Crippen LogP contribution in [-0.4, -0.2) is 36.3 Å². The highest BCUT2D eigenvalue weighted by Gasteiger charge is 2.22. The highest BCUT2D eigenvalue weighted by molar-refractivity contribution is 7.90. The van der Waals surface area contributed by atoms with Gasteiger partial charge in [0, 0.05) is 18.1 Å². The summed E-state index contributed by atoms with van der Waals surface area (Å²) in [5, 5.41) is 0.528. The molecule has 2 atom stereocenters. The van der Waals surface area contributed by atoms with Crippen LogP contribution in [-0.2, 0) is 26.8 Å². The van der Waals surface area contributed by atoms with Crippen molar-refractivity contribution in [2.45, 2.75) is 28.7 Å². The molecule has 0 N–H and O–H groups in total. The Kier molecular flexibility index (Phi) is 5.40. The highest BCUT2D eigenvalue weighted by Crippen LogP contribution is 2.30. The molecule has 2 unspecified atom stereocenters. The standard InChI is InChI=1S/C19H19NO5S2/c21-26(16-6-2-1-3-7-16)20-12-19(27(22)23)17-9-8-14(11-18(17)20)25-13-15-5-4-10-24-15/h1-3,6-9,11-12,15,27H,4-5,10,13H2. The second-order valence-corrected chi connectivity index (χ2v) is 8.64. The Morgan fingerprint density at radius 2 is 2.04 bits per heavy atom. The molecule has 142 valence electrons. The van der Waals surface area contributed by atoms with Gasteiger partial charge < -0.3 is 14.0 Å². The highest BCUT2D eigenvalue weighted by atomic mass is 32.2. The van der Waals surface area contributed by atoms with E-state index in [4.69, 9.17) is 9.47 Å². The lowest BCUT2D eigenvalue weighted by molar-refractivity contribution is 0.0680. The Labute approximate surface area is 162 Å². The Morgan fingerprint density at radius 3 is 2.74 bits per heavy atom. The first-order valence-electron chi connectivity index (χ1n) is 8.64. The summed E-state index contributed by atoms with van der Waals surface area (Å²) in [5.41, 5.74) is 0.552. The van der Waals surface area contributed by atoms with Crippen molar-refractivity contribution in [1.29, 1.82) is 0 Å². The van der Waals surface area contributed by atoms with E-state index in [0.717, 1.165) is 19.4 Å². The lowest BCUT2D eigenvalue weighted by Crippen LogP contribution is -2.16. The van der Waals surface area contributed by atoms with Crippen molar-refractivity contribution in [2.75, 3.05) is 13.2 Å². The van der Waals surface area contributed by atoms with E-state index in [2.05, 4.69) is 0 Å². The van der Waals surface area contributed by atoms with Gasteiger partial charge in [0.2, 0.25) is 0 Å². The van der Waals surface area contributed by atoms with Gasteiger partial charge in [0.05, 0.1) is 17.2 Å². The summed E-state index contributed by atoms with van der Waals surface area (Å²) in [4.78, 5) is 0.739. The summed E-state index contributed by atoms with van der Waals surface area (Å²) in [5.74, 6) is 0.593. The van der Waals surface area contributed by atoms with E-state index in [1.54, 1.807) is 42.5 Å². The first kappa shape index (κ1) is 18.4. The van der Waals surface area contributed by atoms with Gasteiger partial charge in [0.1, 0.15) is 29.2 Å². The topological polar surface area (TPSA) is 80.6 Å². The van der Waals surface area contributed by atoms with E-state index in [-0.39, 0.29) is 11.0 Å². The maximum atomic E-state index is 13.0. The summed E-state index contributed by atoms with van der Waals surface area (Å²) in [6.45, 7) is 1.20. The lowest BCUT2D eigenvalue weighted by atomic mass is 10.2. The average molecular weight is 405 g/mol. The molecule has 2 aromatic carbocycles. The van der Waals surface area contributed by atoms with Gasteiger partial charge in [-0.15, -0.1) is 0 Å². The smallest absolute Gasteiger partial charge is 0.180 e. The minimum atomic E-state index is -2.81. The van der Waals surface area contributed by atoms with Gasteiger partial charge in [0.15, 0.2) is 15.6 Å². The zero-order valence-corrected chi connectivity index (χ0v) is 16.2. The molecule has 0 radical (unpaired) electrons. The van der Waals surface area contributed by atoms with Gasteiger partial charge in [-0.1, -0.05) is 18.2 Å². The maximum absolute atomic E-state index is 13.0. The number of thiol groups is 1. The molecule has 3 aromatic rings. The third-order valence-electron chi connectivity index (χ3n) is 4.50. The molecule has 8 heteroatoms. The van der Waals surface area contributed by atoms with E-state index in [9.17, 15) is 13.0 Å². The van der Waals surface area contributed by atoms with Crippen LogP contribution in [0.5, 0.6) is 5.75 Å². The van der Waals surface area contributed by atoms with E-state index < -0.39 is 22.1 Å². The number of ether oxygens (including phenoxy) is 2. The molecule has 1 aromatic heterocycles. The zero-order valence-electron chi connectivity index (χ0n) is 14.4. The number of benzene rings is 2. The van der Waals surface area contributed by atoms with Crippen molar-refractivity contribution in [1.82, 2.24) is 3.97 Å². The van der Waals surface area contributed by atoms with E-state index in [1.165, 1.54) is 10.2 Å². The maximum Gasteiger partial charge on any atom is 0.180 e. The fourth-order valence-electron chi connectivity index (χ4n) is 3.15. The normalized spacial score (nSPS) is 18.2. The molecule has 27 heavy (non-hydrogen) atoms. The Balaban J connectivity index is 1.71. The Hall–Kier alpha value is -2.00. The van der Waals surface area contributed by atoms with Gasteiger partial charge >= 0.3 is 0 Å². The van der Waals surface area contributed by atoms with Crippen LogP contribution < -0.4 is 4.74 Å². The number of rotatable bonds is 6. The van der Waals surface area contributed by atoms with Crippen molar-refractivity contribution < 1.29 is 22.4 Å². The fourth-order valence-corrected chi connectivity index (χ4v) is 4.97. The summed E-state index contributed by atoms with van der Waals surface area (Å²) in [6.07, 6.45) is 3.50. The lowest BCUT2D eigenvalue weighted by Gasteiger charge is -2.13. The number of hydrogen-bond acceptors (Lipinski definition) is 5. The van der Waals surface area contributed by atoms with Crippen LogP contribution in [0.15, 0.2) is 64.5 Å². The minimum absolute atomic E-state index is 0.0811. The molecule has 6 nitrogen and oxygen atoms in total. The van der Waals surface area contributed by atoms with Crippen LogP contribution >= 0.6 is 0 Å². The quantitative estimate of drug-likeness (QED) is 0.504. The van der Waals surface area contributed by atoms with Gasteiger partial charge in [-0.25, -0.2) is 8.42 Å². The predicted octanol–water partition coefficient (Wildman–Crippen LogP) is 2.74. The molecular formula is C19H19NO5S2. The Bertz CT molecular complexity index is 1000. The SMILES string of the molecule is O=[SH](=O)c1cn([S+]([O-])c2ccccc2)c2cc(OCC3CCCO3)ccc12. The molecule has 0 spiro atoms. The molecule has 0 aliphatic carbocycles. The first-order chi connectivity index (χ1) is 13.1. The second-order valence-electron chi connectivity index (χ2n) is 6.28. The summed E-state index contributed by atoms with van der Waals surface area (Å²) < 4.78 is 49.1. The molecule has 0 amide bonds. The fraction of sp³-hybridized carbons (Fsp3) is 0.263. The molecule has 0 saturated carbocycles. The molecule has 4 rings (SSSR count). The van der Waals surface area contributed by atoms with Gasteiger partial charge in [-0.3, -0.25) is 0 Å². The monoisotopic (exact) mass is 405 g/mol. The van der Waals surface area contributed by atoms with Crippen LogP contribution in [0.1, 0.15) is 12.8 Å². The molecule has 1 aliphatic heterocycles. The number of nitrogens with zero attached hydrogens (tertiary/aromatic N) is 1. The largest absolute Gasteiger partial charge is 0.587 e. The van der Waals surface area contributed by atoms with Crippen molar-refractivity contribution >= 4 is 33.0 Å². The number of fused-ring (bicyclic) bond motifs is 1. The average Bonchev–Trinajstić information content (AvgIpc) is 3.34. The molecule has 1 fully saturated rings. The van der Waals surface area contributed by atoms with Crippen LogP contribution in [0.2, 0.25) is 0 Å². The van der Waals surface area contributed by atoms with E-state index in [1.807, 2.05) is 6.07 Å². The van der Waals surface area contributed by atoms with Gasteiger partial charge in [0.25, 0.3) is 0 Å². The van der Waals surface area contributed by atoms with Crippen molar-refractivity contribution in [3.05, 3.63) is 54.7 Å². The Morgan fingerprint density at radius 1 is 1.22 bits per heavy atom. The third kappa shape index (κ3) is 3.84. The predicted molar refractivity (Wildman–Crippen MR) is 103 cm³/mol. The number of hydrogen-bond donors (Lipinski definition) is 1. The van der Waals surface area contributed by atoms with E-state index >= 15 is 0 Å². The zero-order chi connectivity index (χ0) is 18.8. The summed E-state index contributed by atoms with van der Waals surface area (Å²) >= 11 is -1.56. The molecule has 2 heterocycles. The second kappa shape index (κ2) is 7.93. The van der Waals surface area contributed by atoms with Crippen molar-refractivity contribution in [2.24, 2.45) is 0 Å². The van der Waals surface area contributed by atoms with Crippen molar-refractivity contribution in [3.63, 3.8) is 0 Å². The minimum Gasteiger partial charge on any atom is -0.587 e. The van der Waals surface area contributed by atoms with Crippen LogP contribution in [0.3, 0.4) is 0 Å². The first-order valence-corrected chi connectivity index (χ1v) is 10.9. The molecule has 1 saturated heterocycles. The van der Waals surface area contributed by atoms with Gasteiger partial charge in [-0.2, -0.15) is 3.97 Å². The molecule has 1 aliphatic rings. The third-order valence-corrected chi connectivity index (χ3v) is 6.59. The summed E-state index contributed by atoms with van der Waals surface area (Å²) in [7, 11) is -2.81. The van der Waals surface area contributed by atoms with Gasteiger partial charge in [-0.05, 0) is 37.1 Å². The van der Waals surface area contributed by atoms with Crippen molar-refractivity contribution in [3.8, 4) is 5.75 Å². The molecule has 0 bridgehead atoms.